The molecule has 2 aromatic rings. The van der Waals surface area contributed by atoms with Crippen molar-refractivity contribution in [1.82, 2.24) is 4.90 Å². The summed E-state index contributed by atoms with van der Waals surface area (Å²) in [6.45, 7) is 1.03. The van der Waals surface area contributed by atoms with Crippen molar-refractivity contribution in [3.05, 3.63) is 59.7 Å². The molecule has 5 rings (SSSR count). The first-order valence-electron chi connectivity index (χ1n) is 11.4. The van der Waals surface area contributed by atoms with E-state index in [2.05, 4.69) is 36.4 Å². The number of ether oxygens (including phenoxy) is 1. The van der Waals surface area contributed by atoms with E-state index >= 15 is 0 Å². The molecular weight excluding hydrogens is 390 g/mol. The standard InChI is InChI=1S/C26H29NO4/c28-24(29)18-11-14-26(15-12-18)13-5-6-16-27(26)25(30)31-17-23-21-9-3-1-7-19(21)20-8-2-4-10-22(20)23/h1-4,7-10,18,23H,5-6,11-17H2,(H,28,29). The first-order valence-corrected chi connectivity index (χ1v) is 11.4. The van der Waals surface area contributed by atoms with Gasteiger partial charge in [-0.05, 0) is 67.2 Å². The van der Waals surface area contributed by atoms with Crippen LogP contribution in [0.4, 0.5) is 4.79 Å². The Hall–Kier alpha value is -2.82. The van der Waals surface area contributed by atoms with Gasteiger partial charge in [0, 0.05) is 18.0 Å². The Morgan fingerprint density at radius 3 is 2.16 bits per heavy atom. The van der Waals surface area contributed by atoms with E-state index in [9.17, 15) is 14.7 Å². The van der Waals surface area contributed by atoms with Crippen LogP contribution in [0.25, 0.3) is 11.1 Å². The molecule has 0 radical (unpaired) electrons. The Morgan fingerprint density at radius 2 is 1.55 bits per heavy atom. The molecule has 1 saturated heterocycles. The third-order valence-corrected chi connectivity index (χ3v) is 7.67. The lowest BCUT2D eigenvalue weighted by Gasteiger charge is -2.49. The van der Waals surface area contributed by atoms with Crippen LogP contribution < -0.4 is 0 Å². The first-order chi connectivity index (χ1) is 15.1. The number of carbonyl (C=O) groups is 2. The van der Waals surface area contributed by atoms with Crippen molar-refractivity contribution in [2.45, 2.75) is 56.4 Å². The van der Waals surface area contributed by atoms with E-state index in [1.807, 2.05) is 17.0 Å². The highest BCUT2D eigenvalue weighted by Crippen LogP contribution is 2.46. The van der Waals surface area contributed by atoms with E-state index in [-0.39, 0.29) is 23.5 Å². The van der Waals surface area contributed by atoms with Crippen molar-refractivity contribution in [2.24, 2.45) is 5.92 Å². The Bertz CT molecular complexity index is 947. The summed E-state index contributed by atoms with van der Waals surface area (Å²) in [6.07, 6.45) is 5.58. The van der Waals surface area contributed by atoms with Gasteiger partial charge >= 0.3 is 12.1 Å². The average molecular weight is 420 g/mol. The molecule has 0 unspecified atom stereocenters. The van der Waals surface area contributed by atoms with Crippen molar-refractivity contribution in [3.63, 3.8) is 0 Å². The van der Waals surface area contributed by atoms with Gasteiger partial charge in [0.05, 0.1) is 5.92 Å². The van der Waals surface area contributed by atoms with Gasteiger partial charge in [-0.25, -0.2) is 4.79 Å². The molecule has 3 aliphatic rings. The highest BCUT2D eigenvalue weighted by molar-refractivity contribution is 5.79. The summed E-state index contributed by atoms with van der Waals surface area (Å²) in [5.74, 6) is -0.935. The molecule has 1 aliphatic heterocycles. The second-order valence-electron chi connectivity index (χ2n) is 9.25. The minimum atomic E-state index is -0.710. The van der Waals surface area contributed by atoms with E-state index in [1.165, 1.54) is 22.3 Å². The predicted molar refractivity (Wildman–Crippen MR) is 118 cm³/mol. The number of rotatable bonds is 3. The normalized spacial score (nSPS) is 25.2. The third kappa shape index (κ3) is 3.50. The molecule has 1 spiro atoms. The number of amides is 1. The predicted octanol–water partition coefficient (Wildman–Crippen LogP) is 5.44. The van der Waals surface area contributed by atoms with Crippen LogP contribution >= 0.6 is 0 Å². The Balaban J connectivity index is 1.32. The lowest BCUT2D eigenvalue weighted by Crippen LogP contribution is -2.56. The number of hydrogen-bond donors (Lipinski definition) is 1. The molecule has 162 valence electrons. The molecular formula is C26H29NO4. The zero-order valence-electron chi connectivity index (χ0n) is 17.8. The van der Waals surface area contributed by atoms with Gasteiger partial charge in [0.25, 0.3) is 0 Å². The maximum absolute atomic E-state index is 13.3. The number of aliphatic carboxylic acids is 1. The van der Waals surface area contributed by atoms with E-state index < -0.39 is 5.97 Å². The van der Waals surface area contributed by atoms with E-state index in [4.69, 9.17) is 4.74 Å². The van der Waals surface area contributed by atoms with Crippen LogP contribution in [-0.2, 0) is 9.53 Å². The Kier molecular flexibility index (Phi) is 5.20. The summed E-state index contributed by atoms with van der Waals surface area (Å²) in [7, 11) is 0. The van der Waals surface area contributed by atoms with Gasteiger partial charge in [-0.15, -0.1) is 0 Å². The van der Waals surface area contributed by atoms with Gasteiger partial charge in [0.2, 0.25) is 0 Å². The van der Waals surface area contributed by atoms with Crippen LogP contribution in [0.15, 0.2) is 48.5 Å². The van der Waals surface area contributed by atoms with Crippen LogP contribution in [0, 0.1) is 5.92 Å². The van der Waals surface area contributed by atoms with E-state index in [0.29, 0.717) is 26.0 Å². The number of carbonyl (C=O) groups excluding carboxylic acids is 1. The Morgan fingerprint density at radius 1 is 0.935 bits per heavy atom. The fourth-order valence-corrected chi connectivity index (χ4v) is 5.97. The summed E-state index contributed by atoms with van der Waals surface area (Å²) < 4.78 is 5.95. The van der Waals surface area contributed by atoms with Crippen LogP contribution in [0.1, 0.15) is 62.0 Å². The number of carboxylic acid groups (broad SMARTS) is 1. The van der Waals surface area contributed by atoms with Crippen LogP contribution in [0.2, 0.25) is 0 Å². The summed E-state index contributed by atoms with van der Waals surface area (Å²) in [5.41, 5.74) is 4.65. The smallest absolute Gasteiger partial charge is 0.410 e. The SMILES string of the molecule is O=C(O)C1CCC2(CCCCN2C(=O)OCC2c3ccccc3-c3ccccc32)CC1. The number of fused-ring (bicyclic) bond motifs is 3. The van der Waals surface area contributed by atoms with Crippen LogP contribution in [-0.4, -0.2) is 40.8 Å². The van der Waals surface area contributed by atoms with Crippen molar-refractivity contribution in [1.29, 1.82) is 0 Å². The molecule has 5 nitrogen and oxygen atoms in total. The second-order valence-corrected chi connectivity index (χ2v) is 9.25. The lowest BCUT2D eigenvalue weighted by molar-refractivity contribution is -0.144. The van der Waals surface area contributed by atoms with Gasteiger partial charge in [0.15, 0.2) is 0 Å². The molecule has 2 aromatic carbocycles. The van der Waals surface area contributed by atoms with Gasteiger partial charge < -0.3 is 14.7 Å². The third-order valence-electron chi connectivity index (χ3n) is 7.67. The van der Waals surface area contributed by atoms with Crippen LogP contribution in [0.3, 0.4) is 0 Å². The molecule has 31 heavy (non-hydrogen) atoms. The number of hydrogen-bond acceptors (Lipinski definition) is 3. The number of carboxylic acids is 1. The molecule has 1 N–H and O–H groups in total. The number of likely N-dealkylation sites (tertiary alicyclic amines) is 1. The maximum Gasteiger partial charge on any atom is 0.410 e. The fourth-order valence-electron chi connectivity index (χ4n) is 5.97. The topological polar surface area (TPSA) is 66.8 Å². The van der Waals surface area contributed by atoms with E-state index in [0.717, 1.165) is 32.1 Å². The average Bonchev–Trinajstić information content (AvgIpc) is 3.12. The largest absolute Gasteiger partial charge is 0.481 e. The van der Waals surface area contributed by atoms with Gasteiger partial charge in [0.1, 0.15) is 6.61 Å². The van der Waals surface area contributed by atoms with Crippen molar-refractivity contribution >= 4 is 12.1 Å². The highest BCUT2D eigenvalue weighted by atomic mass is 16.6. The molecule has 2 fully saturated rings. The number of piperidine rings is 1. The Labute approximate surface area is 183 Å². The van der Waals surface area contributed by atoms with Crippen LogP contribution in [0.5, 0.6) is 0 Å². The van der Waals surface area contributed by atoms with Gasteiger partial charge in [-0.3, -0.25) is 4.79 Å². The number of benzene rings is 2. The monoisotopic (exact) mass is 419 g/mol. The summed E-state index contributed by atoms with van der Waals surface area (Å²) in [6, 6.07) is 16.7. The molecule has 0 atom stereocenters. The van der Waals surface area contributed by atoms with Gasteiger partial charge in [-0.2, -0.15) is 0 Å². The zero-order chi connectivity index (χ0) is 21.4. The molecule has 5 heteroatoms. The first kappa shape index (κ1) is 20.1. The number of nitrogens with zero attached hydrogens (tertiary/aromatic N) is 1. The van der Waals surface area contributed by atoms with Crippen molar-refractivity contribution < 1.29 is 19.4 Å². The molecule has 1 saturated carbocycles. The maximum atomic E-state index is 13.3. The minimum absolute atomic E-state index is 0.0554. The molecule has 2 aliphatic carbocycles. The summed E-state index contributed by atoms with van der Waals surface area (Å²) in [5, 5.41) is 9.36. The fraction of sp³-hybridized carbons (Fsp3) is 0.462. The zero-order valence-corrected chi connectivity index (χ0v) is 17.8. The minimum Gasteiger partial charge on any atom is -0.481 e. The highest BCUT2D eigenvalue weighted by Gasteiger charge is 2.46. The van der Waals surface area contributed by atoms with Crippen molar-refractivity contribution in [3.8, 4) is 11.1 Å². The quantitative estimate of drug-likeness (QED) is 0.720. The summed E-state index contributed by atoms with van der Waals surface area (Å²) in [4.78, 5) is 26.6. The van der Waals surface area contributed by atoms with E-state index in [1.54, 1.807) is 0 Å². The molecule has 0 bridgehead atoms. The van der Waals surface area contributed by atoms with Gasteiger partial charge in [-0.1, -0.05) is 48.5 Å². The second kappa shape index (κ2) is 8.03. The van der Waals surface area contributed by atoms with Crippen molar-refractivity contribution in [2.75, 3.05) is 13.2 Å². The summed E-state index contributed by atoms with van der Waals surface area (Å²) >= 11 is 0. The lowest BCUT2D eigenvalue weighted by atomic mass is 9.71. The molecule has 1 amide bonds. The molecule has 0 aromatic heterocycles. The molecule has 1 heterocycles.